The summed E-state index contributed by atoms with van der Waals surface area (Å²) in [4.78, 5) is 0. The number of aromatic nitrogens is 2. The summed E-state index contributed by atoms with van der Waals surface area (Å²) >= 11 is 5.65. The second kappa shape index (κ2) is 4.86. The van der Waals surface area contributed by atoms with Crippen molar-refractivity contribution in [1.29, 1.82) is 0 Å². The summed E-state index contributed by atoms with van der Waals surface area (Å²) in [5.41, 5.74) is 1.35. The van der Waals surface area contributed by atoms with Crippen molar-refractivity contribution in [1.82, 2.24) is 10.2 Å². The van der Waals surface area contributed by atoms with Gasteiger partial charge in [0.1, 0.15) is 5.82 Å². The molecule has 0 radical (unpaired) electrons. The van der Waals surface area contributed by atoms with E-state index in [0.29, 0.717) is 10.6 Å². The van der Waals surface area contributed by atoms with Gasteiger partial charge in [-0.2, -0.15) is 10.2 Å². The average molecular weight is 235 g/mol. The van der Waals surface area contributed by atoms with Crippen molar-refractivity contribution in [3.05, 3.63) is 58.6 Å². The van der Waals surface area contributed by atoms with E-state index in [1.54, 1.807) is 42.7 Å². The number of hydrogen-bond donors (Lipinski definition) is 0. The third kappa shape index (κ3) is 2.64. The average Bonchev–Trinajstić information content (AvgIpc) is 2.29. The molecule has 2 rings (SSSR count). The molecule has 0 aliphatic carbocycles. The van der Waals surface area contributed by atoms with Crippen molar-refractivity contribution < 1.29 is 4.39 Å². The lowest BCUT2D eigenvalue weighted by Gasteiger charge is -1.97. The molecular weight excluding hydrogens is 227 g/mol. The predicted molar refractivity (Wildman–Crippen MR) is 62.4 cm³/mol. The maximum Gasteiger partial charge on any atom is 0.131 e. The van der Waals surface area contributed by atoms with Crippen LogP contribution < -0.4 is 0 Å². The maximum absolute atomic E-state index is 13.4. The van der Waals surface area contributed by atoms with Crippen LogP contribution in [0.5, 0.6) is 0 Å². The fourth-order valence-corrected chi connectivity index (χ4v) is 1.38. The third-order valence-electron chi connectivity index (χ3n) is 2.02. The van der Waals surface area contributed by atoms with Gasteiger partial charge in [-0.1, -0.05) is 29.8 Å². The van der Waals surface area contributed by atoms with Crippen LogP contribution in [-0.2, 0) is 0 Å². The van der Waals surface area contributed by atoms with Crippen LogP contribution in [0.25, 0.3) is 12.2 Å². The first-order chi connectivity index (χ1) is 7.75. The summed E-state index contributed by atoms with van der Waals surface area (Å²) < 4.78 is 13.4. The van der Waals surface area contributed by atoms with Crippen LogP contribution in [-0.4, -0.2) is 10.2 Å². The van der Waals surface area contributed by atoms with Crippen LogP contribution in [0.3, 0.4) is 0 Å². The van der Waals surface area contributed by atoms with Gasteiger partial charge in [0.15, 0.2) is 0 Å². The standard InChI is InChI=1S/C12H8ClFN2/c13-11-4-3-10(12(14)7-11)2-1-9-5-6-15-16-8-9/h1-8H/b2-1+. The molecule has 0 saturated carbocycles. The minimum absolute atomic E-state index is 0.342. The molecular formula is C12H8ClFN2. The van der Waals surface area contributed by atoms with E-state index < -0.39 is 0 Å². The third-order valence-corrected chi connectivity index (χ3v) is 2.26. The largest absolute Gasteiger partial charge is 0.206 e. The molecule has 1 aromatic carbocycles. The van der Waals surface area contributed by atoms with Crippen LogP contribution in [0.15, 0.2) is 36.7 Å². The fourth-order valence-electron chi connectivity index (χ4n) is 1.22. The first-order valence-electron chi connectivity index (χ1n) is 4.65. The molecule has 0 aliphatic rings. The lowest BCUT2D eigenvalue weighted by molar-refractivity contribution is 0.625. The molecule has 0 saturated heterocycles. The van der Waals surface area contributed by atoms with E-state index in [0.717, 1.165) is 5.56 Å². The zero-order valence-corrected chi connectivity index (χ0v) is 9.03. The van der Waals surface area contributed by atoms with E-state index in [4.69, 9.17) is 11.6 Å². The molecule has 1 aromatic heterocycles. The van der Waals surface area contributed by atoms with Crippen LogP contribution in [0.2, 0.25) is 5.02 Å². The minimum atomic E-state index is -0.342. The Labute approximate surface area is 97.4 Å². The van der Waals surface area contributed by atoms with Crippen molar-refractivity contribution >= 4 is 23.8 Å². The molecule has 4 heteroatoms. The monoisotopic (exact) mass is 234 g/mol. The van der Waals surface area contributed by atoms with Crippen molar-refractivity contribution in [2.75, 3.05) is 0 Å². The van der Waals surface area contributed by atoms with E-state index in [1.807, 2.05) is 0 Å². The summed E-state index contributed by atoms with van der Waals surface area (Å²) in [6, 6.07) is 6.35. The van der Waals surface area contributed by atoms with Gasteiger partial charge in [0.25, 0.3) is 0 Å². The highest BCUT2D eigenvalue weighted by Crippen LogP contribution is 2.16. The first-order valence-corrected chi connectivity index (χ1v) is 5.03. The van der Waals surface area contributed by atoms with Gasteiger partial charge in [0, 0.05) is 10.6 Å². The molecule has 0 atom stereocenters. The Balaban J connectivity index is 2.24. The summed E-state index contributed by atoms with van der Waals surface area (Å²) in [7, 11) is 0. The lowest BCUT2D eigenvalue weighted by Crippen LogP contribution is -1.82. The van der Waals surface area contributed by atoms with Crippen LogP contribution in [0, 0.1) is 5.82 Å². The van der Waals surface area contributed by atoms with Gasteiger partial charge >= 0.3 is 0 Å². The summed E-state index contributed by atoms with van der Waals surface area (Å²) in [6.45, 7) is 0. The molecule has 0 bridgehead atoms. The Bertz CT molecular complexity index is 512. The van der Waals surface area contributed by atoms with E-state index in [1.165, 1.54) is 6.07 Å². The molecule has 1 heterocycles. The van der Waals surface area contributed by atoms with Crippen molar-refractivity contribution in [2.45, 2.75) is 0 Å². The highest BCUT2D eigenvalue weighted by molar-refractivity contribution is 6.30. The quantitative estimate of drug-likeness (QED) is 0.796. The van der Waals surface area contributed by atoms with Gasteiger partial charge in [-0.25, -0.2) is 4.39 Å². The van der Waals surface area contributed by atoms with Crippen molar-refractivity contribution in [2.24, 2.45) is 0 Å². The van der Waals surface area contributed by atoms with E-state index in [-0.39, 0.29) is 5.82 Å². The highest BCUT2D eigenvalue weighted by atomic mass is 35.5. The Morgan fingerprint density at radius 2 is 2.00 bits per heavy atom. The second-order valence-electron chi connectivity index (χ2n) is 3.17. The molecule has 2 aromatic rings. The van der Waals surface area contributed by atoms with Crippen molar-refractivity contribution in [3.8, 4) is 0 Å². The van der Waals surface area contributed by atoms with E-state index in [2.05, 4.69) is 10.2 Å². The number of halogens is 2. The summed E-state index contributed by atoms with van der Waals surface area (Å²) in [5, 5.41) is 7.76. The fraction of sp³-hybridized carbons (Fsp3) is 0. The molecule has 0 amide bonds. The molecule has 0 aliphatic heterocycles. The zero-order valence-electron chi connectivity index (χ0n) is 8.27. The summed E-state index contributed by atoms with van der Waals surface area (Å²) in [6.07, 6.45) is 6.62. The van der Waals surface area contributed by atoms with Crippen LogP contribution in [0.4, 0.5) is 4.39 Å². The minimum Gasteiger partial charge on any atom is -0.206 e. The molecule has 0 unspecified atom stereocenters. The second-order valence-corrected chi connectivity index (χ2v) is 3.61. The van der Waals surface area contributed by atoms with Crippen LogP contribution in [0.1, 0.15) is 11.1 Å². The number of nitrogens with zero attached hydrogens (tertiary/aromatic N) is 2. The normalized spacial score (nSPS) is 10.9. The van der Waals surface area contributed by atoms with Gasteiger partial charge in [-0.05, 0) is 23.8 Å². The van der Waals surface area contributed by atoms with E-state index >= 15 is 0 Å². The first kappa shape index (κ1) is 10.8. The van der Waals surface area contributed by atoms with Gasteiger partial charge in [-0.15, -0.1) is 0 Å². The Hall–Kier alpha value is -1.74. The van der Waals surface area contributed by atoms with Crippen LogP contribution >= 0.6 is 11.6 Å². The van der Waals surface area contributed by atoms with Crippen molar-refractivity contribution in [3.63, 3.8) is 0 Å². The van der Waals surface area contributed by atoms with Gasteiger partial charge in [0.05, 0.1) is 12.4 Å². The van der Waals surface area contributed by atoms with Gasteiger partial charge in [0.2, 0.25) is 0 Å². The number of benzene rings is 1. The van der Waals surface area contributed by atoms with Gasteiger partial charge in [-0.3, -0.25) is 0 Å². The Morgan fingerprint density at radius 1 is 1.12 bits per heavy atom. The Morgan fingerprint density at radius 3 is 2.69 bits per heavy atom. The molecule has 0 fully saturated rings. The number of rotatable bonds is 2. The van der Waals surface area contributed by atoms with Gasteiger partial charge < -0.3 is 0 Å². The maximum atomic E-state index is 13.4. The predicted octanol–water partition coefficient (Wildman–Crippen LogP) is 3.44. The highest BCUT2D eigenvalue weighted by Gasteiger charge is 1.98. The molecule has 0 spiro atoms. The molecule has 80 valence electrons. The molecule has 2 nitrogen and oxygen atoms in total. The zero-order chi connectivity index (χ0) is 11.4. The SMILES string of the molecule is Fc1cc(Cl)ccc1/C=C/c1ccnnc1. The lowest BCUT2D eigenvalue weighted by atomic mass is 10.1. The Kier molecular flexibility index (Phi) is 3.27. The molecule has 16 heavy (non-hydrogen) atoms. The molecule has 0 N–H and O–H groups in total. The topological polar surface area (TPSA) is 25.8 Å². The van der Waals surface area contributed by atoms with E-state index in [9.17, 15) is 4.39 Å². The summed E-state index contributed by atoms with van der Waals surface area (Å²) in [5.74, 6) is -0.342. The number of hydrogen-bond acceptors (Lipinski definition) is 2. The smallest absolute Gasteiger partial charge is 0.131 e.